The molecule has 1 heterocycles. The van der Waals surface area contributed by atoms with E-state index >= 15 is 0 Å². The van der Waals surface area contributed by atoms with Gasteiger partial charge in [0.15, 0.2) is 0 Å². The zero-order chi connectivity index (χ0) is 12.3. The standard InChI is InChI=1S/C12H16ClN3O/c1-2-3-6-16(9-4-5-9)12(17)10-7-14-8-11(13)15-10/h7-9H,2-6H2,1H3. The maximum Gasteiger partial charge on any atom is 0.274 e. The van der Waals surface area contributed by atoms with Crippen molar-refractivity contribution in [1.29, 1.82) is 0 Å². The zero-order valence-corrected chi connectivity index (χ0v) is 10.7. The van der Waals surface area contributed by atoms with E-state index in [9.17, 15) is 4.79 Å². The van der Waals surface area contributed by atoms with Crippen LogP contribution in [0.4, 0.5) is 0 Å². The molecular formula is C12H16ClN3O. The summed E-state index contributed by atoms with van der Waals surface area (Å²) in [7, 11) is 0. The van der Waals surface area contributed by atoms with Gasteiger partial charge in [0.2, 0.25) is 0 Å². The van der Waals surface area contributed by atoms with Crippen LogP contribution in [0.5, 0.6) is 0 Å². The molecule has 0 saturated heterocycles. The van der Waals surface area contributed by atoms with E-state index in [-0.39, 0.29) is 11.1 Å². The monoisotopic (exact) mass is 253 g/mol. The van der Waals surface area contributed by atoms with Gasteiger partial charge in [-0.05, 0) is 19.3 Å². The van der Waals surface area contributed by atoms with Gasteiger partial charge in [-0.25, -0.2) is 4.98 Å². The van der Waals surface area contributed by atoms with Crippen LogP contribution in [0, 0.1) is 0 Å². The summed E-state index contributed by atoms with van der Waals surface area (Å²) in [5, 5.41) is 0.266. The lowest BCUT2D eigenvalue weighted by Crippen LogP contribution is -2.34. The lowest BCUT2D eigenvalue weighted by atomic mass is 10.3. The number of rotatable bonds is 5. The van der Waals surface area contributed by atoms with Crippen LogP contribution in [0.3, 0.4) is 0 Å². The Morgan fingerprint density at radius 1 is 1.53 bits per heavy atom. The van der Waals surface area contributed by atoms with E-state index in [2.05, 4.69) is 16.9 Å². The second-order valence-electron chi connectivity index (χ2n) is 4.31. The summed E-state index contributed by atoms with van der Waals surface area (Å²) in [5.74, 6) is -0.0454. The Labute approximate surface area is 106 Å². The van der Waals surface area contributed by atoms with E-state index < -0.39 is 0 Å². The summed E-state index contributed by atoms with van der Waals surface area (Å²) in [5.41, 5.74) is 0.348. The summed E-state index contributed by atoms with van der Waals surface area (Å²) in [6, 6.07) is 0.398. The summed E-state index contributed by atoms with van der Waals surface area (Å²) in [4.78, 5) is 22.1. The Morgan fingerprint density at radius 2 is 2.29 bits per heavy atom. The first-order chi connectivity index (χ1) is 8.22. The molecule has 92 valence electrons. The molecule has 2 rings (SSSR count). The summed E-state index contributed by atoms with van der Waals surface area (Å²) in [6.07, 6.45) is 7.22. The normalized spacial score (nSPS) is 14.7. The highest BCUT2D eigenvalue weighted by Gasteiger charge is 2.33. The van der Waals surface area contributed by atoms with E-state index in [0.29, 0.717) is 11.7 Å². The molecule has 1 aromatic heterocycles. The Morgan fingerprint density at radius 3 is 2.88 bits per heavy atom. The summed E-state index contributed by atoms with van der Waals surface area (Å²) in [6.45, 7) is 2.92. The first-order valence-corrected chi connectivity index (χ1v) is 6.38. The molecule has 0 aliphatic heterocycles. The maximum atomic E-state index is 12.2. The molecule has 1 saturated carbocycles. The molecule has 1 aliphatic carbocycles. The molecule has 0 atom stereocenters. The number of halogens is 1. The van der Waals surface area contributed by atoms with Gasteiger partial charge in [-0.2, -0.15) is 0 Å². The van der Waals surface area contributed by atoms with Gasteiger partial charge in [-0.1, -0.05) is 24.9 Å². The third-order valence-electron chi connectivity index (χ3n) is 2.83. The molecular weight excluding hydrogens is 238 g/mol. The molecule has 1 amide bonds. The van der Waals surface area contributed by atoms with Crippen molar-refractivity contribution in [2.75, 3.05) is 6.54 Å². The lowest BCUT2D eigenvalue weighted by Gasteiger charge is -2.21. The van der Waals surface area contributed by atoms with Crippen molar-refractivity contribution in [3.05, 3.63) is 23.2 Å². The van der Waals surface area contributed by atoms with Crippen molar-refractivity contribution in [3.63, 3.8) is 0 Å². The van der Waals surface area contributed by atoms with Crippen LogP contribution in [0.25, 0.3) is 0 Å². The second kappa shape index (κ2) is 5.45. The fourth-order valence-electron chi connectivity index (χ4n) is 1.76. The van der Waals surface area contributed by atoms with Gasteiger partial charge in [0.05, 0.1) is 12.4 Å². The topological polar surface area (TPSA) is 46.1 Å². The lowest BCUT2D eigenvalue weighted by molar-refractivity contribution is 0.0734. The molecule has 0 aromatic carbocycles. The molecule has 1 fully saturated rings. The molecule has 0 bridgehead atoms. The minimum atomic E-state index is -0.0454. The zero-order valence-electron chi connectivity index (χ0n) is 9.90. The highest BCUT2D eigenvalue weighted by molar-refractivity contribution is 6.29. The molecule has 1 aromatic rings. The quantitative estimate of drug-likeness (QED) is 0.810. The van der Waals surface area contributed by atoms with Crippen LogP contribution >= 0.6 is 11.6 Å². The maximum absolute atomic E-state index is 12.2. The average Bonchev–Trinajstić information content (AvgIpc) is 3.14. The third-order valence-corrected chi connectivity index (χ3v) is 3.01. The minimum Gasteiger partial charge on any atom is -0.334 e. The van der Waals surface area contributed by atoms with Crippen LogP contribution in [-0.4, -0.2) is 33.4 Å². The molecule has 0 spiro atoms. The molecule has 0 radical (unpaired) electrons. The van der Waals surface area contributed by atoms with Gasteiger partial charge in [-0.3, -0.25) is 9.78 Å². The van der Waals surface area contributed by atoms with Gasteiger partial charge in [0.25, 0.3) is 5.91 Å². The van der Waals surface area contributed by atoms with E-state index in [1.165, 1.54) is 12.4 Å². The number of unbranched alkanes of at least 4 members (excludes halogenated alkanes) is 1. The van der Waals surface area contributed by atoms with Crippen LogP contribution < -0.4 is 0 Å². The summed E-state index contributed by atoms with van der Waals surface area (Å²) >= 11 is 5.75. The highest BCUT2D eigenvalue weighted by atomic mass is 35.5. The van der Waals surface area contributed by atoms with E-state index in [1.54, 1.807) is 0 Å². The van der Waals surface area contributed by atoms with Crippen molar-refractivity contribution in [2.45, 2.75) is 38.6 Å². The Balaban J connectivity index is 2.10. The average molecular weight is 254 g/mol. The van der Waals surface area contributed by atoms with Crippen molar-refractivity contribution in [1.82, 2.24) is 14.9 Å². The smallest absolute Gasteiger partial charge is 0.274 e. The number of carbonyl (C=O) groups is 1. The molecule has 17 heavy (non-hydrogen) atoms. The first kappa shape index (κ1) is 12.3. The second-order valence-corrected chi connectivity index (χ2v) is 4.70. The molecule has 0 unspecified atom stereocenters. The van der Waals surface area contributed by atoms with Gasteiger partial charge in [-0.15, -0.1) is 0 Å². The molecule has 1 aliphatic rings. The number of amides is 1. The van der Waals surface area contributed by atoms with Crippen LogP contribution in [-0.2, 0) is 0 Å². The van der Waals surface area contributed by atoms with Gasteiger partial charge in [0, 0.05) is 12.6 Å². The number of hydrogen-bond acceptors (Lipinski definition) is 3. The predicted molar refractivity (Wildman–Crippen MR) is 66.0 cm³/mol. The van der Waals surface area contributed by atoms with Crippen molar-refractivity contribution < 1.29 is 4.79 Å². The van der Waals surface area contributed by atoms with Crippen molar-refractivity contribution in [3.8, 4) is 0 Å². The molecule has 0 N–H and O–H groups in total. The van der Waals surface area contributed by atoms with Gasteiger partial charge < -0.3 is 4.90 Å². The van der Waals surface area contributed by atoms with Gasteiger partial charge in [0.1, 0.15) is 10.8 Å². The third kappa shape index (κ3) is 3.16. The molecule has 4 nitrogen and oxygen atoms in total. The van der Waals surface area contributed by atoms with E-state index in [0.717, 1.165) is 32.2 Å². The Hall–Kier alpha value is -1.16. The number of hydrogen-bond donors (Lipinski definition) is 0. The molecule has 5 heteroatoms. The largest absolute Gasteiger partial charge is 0.334 e. The number of carbonyl (C=O) groups excluding carboxylic acids is 1. The SMILES string of the molecule is CCCCN(C(=O)c1cncc(Cl)n1)C1CC1. The number of aromatic nitrogens is 2. The highest BCUT2D eigenvalue weighted by Crippen LogP contribution is 2.28. The van der Waals surface area contributed by atoms with Crippen LogP contribution in [0.15, 0.2) is 12.4 Å². The fourth-order valence-corrected chi connectivity index (χ4v) is 1.90. The van der Waals surface area contributed by atoms with Crippen LogP contribution in [0.2, 0.25) is 5.15 Å². The minimum absolute atomic E-state index is 0.0454. The summed E-state index contributed by atoms with van der Waals surface area (Å²) < 4.78 is 0. The predicted octanol–water partition coefficient (Wildman–Crippen LogP) is 2.53. The van der Waals surface area contributed by atoms with Gasteiger partial charge >= 0.3 is 0 Å². The van der Waals surface area contributed by atoms with Crippen molar-refractivity contribution >= 4 is 17.5 Å². The van der Waals surface area contributed by atoms with Crippen molar-refractivity contribution in [2.24, 2.45) is 0 Å². The first-order valence-electron chi connectivity index (χ1n) is 6.01. The fraction of sp³-hybridized carbons (Fsp3) is 0.583. The Bertz CT molecular complexity index is 406. The number of nitrogens with zero attached hydrogens (tertiary/aromatic N) is 3. The Kier molecular flexibility index (Phi) is 3.94. The van der Waals surface area contributed by atoms with Crippen LogP contribution in [0.1, 0.15) is 43.1 Å². The van der Waals surface area contributed by atoms with E-state index in [4.69, 9.17) is 11.6 Å². The van der Waals surface area contributed by atoms with E-state index in [1.807, 2.05) is 4.90 Å².